The Balaban J connectivity index is 1.61. The summed E-state index contributed by atoms with van der Waals surface area (Å²) in [6.45, 7) is 1.78. The monoisotopic (exact) mass is 476 g/mol. The van der Waals surface area contributed by atoms with Gasteiger partial charge in [-0.25, -0.2) is 4.68 Å². The number of amides is 1. The first-order valence-corrected chi connectivity index (χ1v) is 11.7. The minimum absolute atomic E-state index is 0.0918. The highest BCUT2D eigenvalue weighted by Gasteiger charge is 2.14. The average molecular weight is 477 g/mol. The molecule has 0 spiro atoms. The largest absolute Gasteiger partial charge is 0.334 e. The second-order valence-electron chi connectivity index (χ2n) is 8.66. The van der Waals surface area contributed by atoms with Gasteiger partial charge in [0.25, 0.3) is 0 Å². The Morgan fingerprint density at radius 2 is 1.81 bits per heavy atom. The molecule has 2 aromatic carbocycles. The van der Waals surface area contributed by atoms with E-state index in [0.717, 1.165) is 34.6 Å². The van der Waals surface area contributed by atoms with Crippen LogP contribution in [0.25, 0.3) is 23.0 Å². The maximum absolute atomic E-state index is 13.3. The van der Waals surface area contributed by atoms with Crippen LogP contribution in [0.1, 0.15) is 16.7 Å². The number of benzene rings is 2. The SMILES string of the molecule is CN(C)CCN(Cc1ccc(C#N)cc1)C(=O)/C=C/c1cn(-c2ccccc2)nc1-c1cccnc1. The van der Waals surface area contributed by atoms with Crippen molar-refractivity contribution < 1.29 is 4.79 Å². The fourth-order valence-corrected chi connectivity index (χ4v) is 3.71. The van der Waals surface area contributed by atoms with E-state index in [0.29, 0.717) is 18.7 Å². The molecule has 0 radical (unpaired) electrons. The van der Waals surface area contributed by atoms with Crippen LogP contribution in [-0.4, -0.2) is 57.7 Å². The first-order chi connectivity index (χ1) is 17.5. The van der Waals surface area contributed by atoms with Crippen LogP contribution in [-0.2, 0) is 11.3 Å². The molecule has 0 saturated carbocycles. The summed E-state index contributed by atoms with van der Waals surface area (Å²) < 4.78 is 1.81. The van der Waals surface area contributed by atoms with Gasteiger partial charge in [0.15, 0.2) is 0 Å². The zero-order valence-corrected chi connectivity index (χ0v) is 20.5. The Morgan fingerprint density at radius 1 is 1.03 bits per heavy atom. The van der Waals surface area contributed by atoms with Gasteiger partial charge in [-0.05, 0) is 62.1 Å². The third-order valence-corrected chi connectivity index (χ3v) is 5.69. The third-order valence-electron chi connectivity index (χ3n) is 5.69. The van der Waals surface area contributed by atoms with Crippen molar-refractivity contribution in [1.29, 1.82) is 5.26 Å². The zero-order chi connectivity index (χ0) is 25.3. The van der Waals surface area contributed by atoms with Crippen LogP contribution in [0, 0.1) is 11.3 Å². The highest BCUT2D eigenvalue weighted by atomic mass is 16.2. The number of carbonyl (C=O) groups excluding carboxylic acids is 1. The number of nitrogens with zero attached hydrogens (tertiary/aromatic N) is 6. The molecule has 0 N–H and O–H groups in total. The molecule has 36 heavy (non-hydrogen) atoms. The van der Waals surface area contributed by atoms with Gasteiger partial charge in [-0.3, -0.25) is 9.78 Å². The first kappa shape index (κ1) is 24.6. The number of hydrogen-bond acceptors (Lipinski definition) is 5. The number of aromatic nitrogens is 3. The van der Waals surface area contributed by atoms with Crippen LogP contribution in [0.5, 0.6) is 0 Å². The van der Waals surface area contributed by atoms with E-state index < -0.39 is 0 Å². The lowest BCUT2D eigenvalue weighted by molar-refractivity contribution is -0.126. The summed E-state index contributed by atoms with van der Waals surface area (Å²) in [7, 11) is 3.97. The predicted molar refractivity (Wildman–Crippen MR) is 141 cm³/mol. The molecule has 0 aliphatic carbocycles. The van der Waals surface area contributed by atoms with Crippen molar-refractivity contribution in [3.05, 3.63) is 108 Å². The van der Waals surface area contributed by atoms with E-state index in [1.165, 1.54) is 0 Å². The molecule has 2 heterocycles. The minimum atomic E-state index is -0.0918. The number of pyridine rings is 1. The Bertz CT molecular complexity index is 1350. The van der Waals surface area contributed by atoms with E-state index in [1.54, 1.807) is 30.6 Å². The van der Waals surface area contributed by atoms with Crippen LogP contribution in [0.4, 0.5) is 0 Å². The van der Waals surface area contributed by atoms with Gasteiger partial charge in [0.1, 0.15) is 5.69 Å². The quantitative estimate of drug-likeness (QED) is 0.335. The number of nitriles is 1. The Morgan fingerprint density at radius 3 is 2.47 bits per heavy atom. The second-order valence-corrected chi connectivity index (χ2v) is 8.66. The zero-order valence-electron chi connectivity index (χ0n) is 20.5. The maximum Gasteiger partial charge on any atom is 0.246 e. The summed E-state index contributed by atoms with van der Waals surface area (Å²) in [6.07, 6.45) is 8.84. The van der Waals surface area contributed by atoms with Crippen molar-refractivity contribution in [2.24, 2.45) is 0 Å². The molecule has 180 valence electrons. The average Bonchev–Trinajstić information content (AvgIpc) is 3.35. The molecular weight excluding hydrogens is 448 g/mol. The molecule has 0 aliphatic rings. The van der Waals surface area contributed by atoms with E-state index in [9.17, 15) is 4.79 Å². The lowest BCUT2D eigenvalue weighted by Gasteiger charge is -2.23. The molecule has 0 fully saturated rings. The molecular formula is C29H28N6O. The minimum Gasteiger partial charge on any atom is -0.334 e. The number of likely N-dealkylation sites (N-methyl/N-ethyl adjacent to an activating group) is 1. The molecule has 7 heteroatoms. The molecule has 1 amide bonds. The van der Waals surface area contributed by atoms with Gasteiger partial charge in [-0.1, -0.05) is 30.3 Å². The molecule has 2 aromatic heterocycles. The van der Waals surface area contributed by atoms with Crippen molar-refractivity contribution in [2.45, 2.75) is 6.54 Å². The summed E-state index contributed by atoms with van der Waals surface area (Å²) in [5.74, 6) is -0.0918. The van der Waals surface area contributed by atoms with Gasteiger partial charge in [-0.15, -0.1) is 0 Å². The van der Waals surface area contributed by atoms with E-state index >= 15 is 0 Å². The van der Waals surface area contributed by atoms with Crippen LogP contribution >= 0.6 is 0 Å². The van der Waals surface area contributed by atoms with Gasteiger partial charge in [0.2, 0.25) is 5.91 Å². The van der Waals surface area contributed by atoms with Gasteiger partial charge < -0.3 is 9.80 Å². The second kappa shape index (κ2) is 11.7. The van der Waals surface area contributed by atoms with Gasteiger partial charge in [-0.2, -0.15) is 10.4 Å². The smallest absolute Gasteiger partial charge is 0.246 e. The Labute approximate surface area is 211 Å². The Kier molecular flexibility index (Phi) is 8.01. The maximum atomic E-state index is 13.3. The molecule has 0 saturated heterocycles. The summed E-state index contributed by atoms with van der Waals surface area (Å²) in [5.41, 5.74) is 4.96. The van der Waals surface area contributed by atoms with E-state index in [4.69, 9.17) is 10.4 Å². The lowest BCUT2D eigenvalue weighted by Crippen LogP contribution is -2.35. The number of carbonyl (C=O) groups is 1. The van der Waals surface area contributed by atoms with E-state index in [2.05, 4.69) is 11.1 Å². The Hall–Kier alpha value is -4.54. The molecule has 4 rings (SSSR count). The van der Waals surface area contributed by atoms with Gasteiger partial charge in [0, 0.05) is 55.4 Å². The fourth-order valence-electron chi connectivity index (χ4n) is 3.71. The molecule has 0 aliphatic heterocycles. The van der Waals surface area contributed by atoms with Crippen LogP contribution < -0.4 is 0 Å². The molecule has 4 aromatic rings. The predicted octanol–water partition coefficient (Wildman–Crippen LogP) is 4.41. The highest BCUT2D eigenvalue weighted by molar-refractivity contribution is 5.92. The van der Waals surface area contributed by atoms with Crippen LogP contribution in [0.3, 0.4) is 0 Å². The highest BCUT2D eigenvalue weighted by Crippen LogP contribution is 2.24. The van der Waals surface area contributed by atoms with E-state index in [1.807, 2.05) is 95.4 Å². The van der Waals surface area contributed by atoms with Crippen molar-refractivity contribution in [2.75, 3.05) is 27.2 Å². The van der Waals surface area contributed by atoms with Crippen LogP contribution in [0.15, 0.2) is 91.4 Å². The lowest BCUT2D eigenvalue weighted by atomic mass is 10.1. The molecule has 0 atom stereocenters. The van der Waals surface area contributed by atoms with Crippen molar-refractivity contribution in [3.8, 4) is 23.0 Å². The molecule has 7 nitrogen and oxygen atoms in total. The van der Waals surface area contributed by atoms with Gasteiger partial charge >= 0.3 is 0 Å². The number of hydrogen-bond donors (Lipinski definition) is 0. The van der Waals surface area contributed by atoms with Crippen LogP contribution in [0.2, 0.25) is 0 Å². The normalized spacial score (nSPS) is 11.1. The van der Waals surface area contributed by atoms with Crippen molar-refractivity contribution in [1.82, 2.24) is 24.6 Å². The van der Waals surface area contributed by atoms with Crippen molar-refractivity contribution >= 4 is 12.0 Å². The number of para-hydroxylation sites is 1. The topological polar surface area (TPSA) is 78.0 Å². The summed E-state index contributed by atoms with van der Waals surface area (Å²) in [6, 6.07) is 23.2. The standard InChI is InChI=1S/C29H28N6O/c1-33(2)17-18-34(21-24-12-10-23(19-30)11-13-24)28(36)15-14-26-22-35(27-8-4-3-5-9-27)32-29(26)25-7-6-16-31-20-25/h3-16,20,22H,17-18,21H2,1-2H3/b15-14+. The summed E-state index contributed by atoms with van der Waals surface area (Å²) in [4.78, 5) is 21.4. The summed E-state index contributed by atoms with van der Waals surface area (Å²) in [5, 5.41) is 13.8. The molecule has 0 bridgehead atoms. The van der Waals surface area contributed by atoms with Crippen molar-refractivity contribution in [3.63, 3.8) is 0 Å². The fraction of sp³-hybridized carbons (Fsp3) is 0.172. The first-order valence-electron chi connectivity index (χ1n) is 11.7. The number of rotatable bonds is 9. The van der Waals surface area contributed by atoms with Gasteiger partial charge in [0.05, 0.1) is 17.3 Å². The summed E-state index contributed by atoms with van der Waals surface area (Å²) >= 11 is 0. The van der Waals surface area contributed by atoms with E-state index in [-0.39, 0.29) is 5.91 Å². The molecule has 0 unspecified atom stereocenters. The third kappa shape index (κ3) is 6.32.